The predicted octanol–water partition coefficient (Wildman–Crippen LogP) is 2.60. The molecule has 0 aliphatic heterocycles. The lowest BCUT2D eigenvalue weighted by Crippen LogP contribution is -2.50. The van der Waals surface area contributed by atoms with Crippen molar-refractivity contribution in [2.24, 2.45) is 0 Å². The molecule has 0 bridgehead atoms. The molecule has 1 aromatic rings. The first-order chi connectivity index (χ1) is 10.9. The lowest BCUT2D eigenvalue weighted by atomic mass is 9.96. The summed E-state index contributed by atoms with van der Waals surface area (Å²) in [5, 5.41) is 13.9. The minimum absolute atomic E-state index is 0.00268. The van der Waals surface area contributed by atoms with Gasteiger partial charge in [0.05, 0.1) is 10.5 Å². The fraction of sp³-hybridized carbons (Fsp3) is 0.471. The van der Waals surface area contributed by atoms with Gasteiger partial charge in [-0.2, -0.15) is 0 Å². The Kier molecular flexibility index (Phi) is 5.50. The number of nitrogens with one attached hydrogen (secondary N) is 1. The van der Waals surface area contributed by atoms with Gasteiger partial charge in [-0.1, -0.05) is 25.0 Å². The first-order valence-corrected chi connectivity index (χ1v) is 7.81. The van der Waals surface area contributed by atoms with Crippen LogP contribution in [0.2, 0.25) is 0 Å². The first kappa shape index (κ1) is 17.1. The highest BCUT2D eigenvalue weighted by molar-refractivity contribution is 5.92. The van der Waals surface area contributed by atoms with Crippen molar-refractivity contribution in [3.05, 3.63) is 46.0 Å². The third-order valence-electron chi connectivity index (χ3n) is 4.62. The van der Waals surface area contributed by atoms with Crippen LogP contribution in [0.5, 0.6) is 0 Å². The normalized spacial score (nSPS) is 16.8. The minimum Gasteiger partial charge on any atom is -0.351 e. The van der Waals surface area contributed by atoms with Crippen molar-refractivity contribution in [3.8, 4) is 0 Å². The summed E-state index contributed by atoms with van der Waals surface area (Å²) in [5.74, 6) is -0.226. The van der Waals surface area contributed by atoms with E-state index in [-0.39, 0.29) is 17.1 Å². The fourth-order valence-electron chi connectivity index (χ4n) is 3.09. The van der Waals surface area contributed by atoms with E-state index in [1.165, 1.54) is 31.1 Å². The molecule has 0 atom stereocenters. The maximum atomic E-state index is 12.0. The second-order valence-corrected chi connectivity index (χ2v) is 6.19. The van der Waals surface area contributed by atoms with E-state index < -0.39 is 4.92 Å². The highest BCUT2D eigenvalue weighted by Gasteiger charge is 2.35. The Bertz CT molecular complexity index is 605. The van der Waals surface area contributed by atoms with Crippen molar-refractivity contribution >= 4 is 17.7 Å². The largest absolute Gasteiger partial charge is 0.351 e. The van der Waals surface area contributed by atoms with E-state index in [1.54, 1.807) is 18.2 Å². The van der Waals surface area contributed by atoms with Gasteiger partial charge in [0.2, 0.25) is 5.91 Å². The number of likely N-dealkylation sites (N-methyl/N-ethyl adjacent to an activating group) is 1. The average molecular weight is 317 g/mol. The smallest absolute Gasteiger partial charge is 0.276 e. The van der Waals surface area contributed by atoms with E-state index in [2.05, 4.69) is 10.2 Å². The van der Waals surface area contributed by atoms with E-state index in [1.807, 2.05) is 14.1 Å². The van der Waals surface area contributed by atoms with Gasteiger partial charge < -0.3 is 10.2 Å². The molecule has 1 aliphatic carbocycles. The van der Waals surface area contributed by atoms with Crippen LogP contribution in [0.25, 0.3) is 6.08 Å². The molecule has 2 rings (SSSR count). The van der Waals surface area contributed by atoms with Gasteiger partial charge in [0.15, 0.2) is 0 Å². The Balaban J connectivity index is 1.99. The van der Waals surface area contributed by atoms with Crippen LogP contribution in [0, 0.1) is 10.1 Å². The number of rotatable bonds is 6. The van der Waals surface area contributed by atoms with Gasteiger partial charge in [-0.05, 0) is 39.1 Å². The molecule has 0 saturated heterocycles. The Morgan fingerprint density at radius 2 is 2.00 bits per heavy atom. The fourth-order valence-corrected chi connectivity index (χ4v) is 3.09. The molecule has 6 heteroatoms. The summed E-state index contributed by atoms with van der Waals surface area (Å²) in [7, 11) is 4.08. The number of nitrogens with zero attached hydrogens (tertiary/aromatic N) is 2. The monoisotopic (exact) mass is 317 g/mol. The van der Waals surface area contributed by atoms with E-state index in [4.69, 9.17) is 0 Å². The number of nitro groups is 1. The highest BCUT2D eigenvalue weighted by atomic mass is 16.6. The Morgan fingerprint density at radius 1 is 1.35 bits per heavy atom. The molecular weight excluding hydrogens is 294 g/mol. The van der Waals surface area contributed by atoms with Crippen LogP contribution in [-0.2, 0) is 4.79 Å². The van der Waals surface area contributed by atoms with E-state index >= 15 is 0 Å². The zero-order valence-corrected chi connectivity index (χ0v) is 13.6. The number of hydrogen-bond acceptors (Lipinski definition) is 4. The summed E-state index contributed by atoms with van der Waals surface area (Å²) in [4.78, 5) is 24.7. The van der Waals surface area contributed by atoms with Crippen molar-refractivity contribution in [2.75, 3.05) is 20.6 Å². The van der Waals surface area contributed by atoms with Crippen molar-refractivity contribution in [1.82, 2.24) is 10.2 Å². The van der Waals surface area contributed by atoms with Crippen molar-refractivity contribution in [1.29, 1.82) is 0 Å². The van der Waals surface area contributed by atoms with Crippen LogP contribution in [0.15, 0.2) is 30.3 Å². The number of para-hydroxylation sites is 1. The lowest BCUT2D eigenvalue weighted by molar-refractivity contribution is -0.385. The third kappa shape index (κ3) is 4.16. The number of benzene rings is 1. The molecule has 1 N–H and O–H groups in total. The molecule has 23 heavy (non-hydrogen) atoms. The maximum Gasteiger partial charge on any atom is 0.276 e. The molecule has 0 heterocycles. The van der Waals surface area contributed by atoms with Crippen molar-refractivity contribution in [3.63, 3.8) is 0 Å². The van der Waals surface area contributed by atoms with Crippen LogP contribution >= 0.6 is 0 Å². The Morgan fingerprint density at radius 3 is 2.61 bits per heavy atom. The molecular formula is C17H23N3O3. The summed E-state index contributed by atoms with van der Waals surface area (Å²) < 4.78 is 0. The van der Waals surface area contributed by atoms with Crippen LogP contribution in [-0.4, -0.2) is 41.9 Å². The maximum absolute atomic E-state index is 12.0. The lowest BCUT2D eigenvalue weighted by Gasteiger charge is -2.36. The van der Waals surface area contributed by atoms with Gasteiger partial charge in [0.25, 0.3) is 5.69 Å². The second kappa shape index (κ2) is 7.37. The summed E-state index contributed by atoms with van der Waals surface area (Å²) >= 11 is 0. The summed E-state index contributed by atoms with van der Waals surface area (Å²) in [6.45, 7) is 0.597. The van der Waals surface area contributed by atoms with Crippen LogP contribution in [0.3, 0.4) is 0 Å². The standard InChI is InChI=1S/C17H23N3O3/c1-19(2)17(11-5-6-12-17)13-18-16(21)10-9-14-7-3-4-8-15(14)20(22)23/h3-4,7-10H,5-6,11-13H2,1-2H3,(H,18,21). The minimum atomic E-state index is -0.447. The first-order valence-electron chi connectivity index (χ1n) is 7.81. The Hall–Kier alpha value is -2.21. The van der Waals surface area contributed by atoms with Gasteiger partial charge >= 0.3 is 0 Å². The Labute approximate surface area is 136 Å². The molecule has 0 unspecified atom stereocenters. The van der Waals surface area contributed by atoms with Gasteiger partial charge in [-0.15, -0.1) is 0 Å². The average Bonchev–Trinajstić information content (AvgIpc) is 3.01. The highest BCUT2D eigenvalue weighted by Crippen LogP contribution is 2.33. The molecule has 1 aromatic carbocycles. The van der Waals surface area contributed by atoms with Crippen LogP contribution < -0.4 is 5.32 Å². The van der Waals surface area contributed by atoms with E-state index in [0.717, 1.165) is 12.8 Å². The zero-order chi connectivity index (χ0) is 16.9. The topological polar surface area (TPSA) is 75.5 Å². The molecule has 0 radical (unpaired) electrons. The summed E-state index contributed by atoms with van der Waals surface area (Å²) in [6.07, 6.45) is 7.37. The zero-order valence-electron chi connectivity index (χ0n) is 13.6. The van der Waals surface area contributed by atoms with E-state index in [0.29, 0.717) is 12.1 Å². The number of carbonyl (C=O) groups is 1. The van der Waals surface area contributed by atoms with Crippen molar-refractivity contribution < 1.29 is 9.72 Å². The number of amides is 1. The second-order valence-electron chi connectivity index (χ2n) is 6.19. The molecule has 0 aromatic heterocycles. The number of hydrogen-bond donors (Lipinski definition) is 1. The summed E-state index contributed by atoms with van der Waals surface area (Å²) in [5.41, 5.74) is 0.454. The van der Waals surface area contributed by atoms with E-state index in [9.17, 15) is 14.9 Å². The van der Waals surface area contributed by atoms with Crippen LogP contribution in [0.1, 0.15) is 31.2 Å². The molecule has 1 saturated carbocycles. The molecule has 124 valence electrons. The van der Waals surface area contributed by atoms with Crippen molar-refractivity contribution in [2.45, 2.75) is 31.2 Å². The summed E-state index contributed by atoms with van der Waals surface area (Å²) in [6, 6.07) is 6.37. The quantitative estimate of drug-likeness (QED) is 0.497. The SMILES string of the molecule is CN(C)C1(CNC(=O)C=Cc2ccccc2[N+](=O)[O-])CCCC1. The van der Waals surface area contributed by atoms with Gasteiger partial charge in [0, 0.05) is 24.2 Å². The number of carbonyl (C=O) groups excluding carboxylic acids is 1. The predicted molar refractivity (Wildman–Crippen MR) is 90.0 cm³/mol. The molecule has 0 spiro atoms. The third-order valence-corrected chi connectivity index (χ3v) is 4.62. The molecule has 1 fully saturated rings. The molecule has 6 nitrogen and oxygen atoms in total. The number of nitro benzene ring substituents is 1. The van der Waals surface area contributed by atoms with Crippen LogP contribution in [0.4, 0.5) is 5.69 Å². The molecule has 1 aliphatic rings. The van der Waals surface area contributed by atoms with Gasteiger partial charge in [-0.3, -0.25) is 14.9 Å². The molecule has 1 amide bonds. The van der Waals surface area contributed by atoms with Gasteiger partial charge in [0.1, 0.15) is 0 Å². The van der Waals surface area contributed by atoms with Gasteiger partial charge in [-0.25, -0.2) is 0 Å².